The van der Waals surface area contributed by atoms with Crippen LogP contribution in [0.1, 0.15) is 26.1 Å². The van der Waals surface area contributed by atoms with Gasteiger partial charge in [0.2, 0.25) is 0 Å². The fourth-order valence-electron chi connectivity index (χ4n) is 1.30. The molecule has 0 saturated carbocycles. The van der Waals surface area contributed by atoms with E-state index < -0.39 is 0 Å². The number of aromatic nitrogens is 3. The second kappa shape index (κ2) is 6.03. The molecule has 0 spiro atoms. The van der Waals surface area contributed by atoms with Crippen LogP contribution in [0, 0.1) is 0 Å². The van der Waals surface area contributed by atoms with Crippen molar-refractivity contribution in [3.05, 3.63) is 5.82 Å². The molecule has 1 aromatic heterocycles. The molecule has 0 radical (unpaired) electrons. The Balaban J connectivity index is 2.73. The van der Waals surface area contributed by atoms with Gasteiger partial charge in [-0.15, -0.1) is 10.2 Å². The molecule has 14 heavy (non-hydrogen) atoms. The molecule has 0 aliphatic rings. The molecule has 0 atom stereocenters. The van der Waals surface area contributed by atoms with Crippen molar-refractivity contribution in [3.63, 3.8) is 0 Å². The molecule has 80 valence electrons. The summed E-state index contributed by atoms with van der Waals surface area (Å²) >= 11 is 1.68. The minimum absolute atomic E-state index is 0.685. The van der Waals surface area contributed by atoms with Crippen LogP contribution in [0.4, 0.5) is 0 Å². The van der Waals surface area contributed by atoms with Crippen molar-refractivity contribution in [1.29, 1.82) is 0 Å². The Labute approximate surface area is 89.3 Å². The summed E-state index contributed by atoms with van der Waals surface area (Å²) in [6.07, 6.45) is 2.11. The van der Waals surface area contributed by atoms with Crippen LogP contribution in [0.2, 0.25) is 0 Å². The molecule has 0 amide bonds. The van der Waals surface area contributed by atoms with Gasteiger partial charge in [0.15, 0.2) is 5.16 Å². The Bertz CT molecular complexity index is 272. The third kappa shape index (κ3) is 2.72. The molecule has 0 aliphatic heterocycles. The van der Waals surface area contributed by atoms with Gasteiger partial charge in [-0.05, 0) is 13.3 Å². The van der Waals surface area contributed by atoms with E-state index in [0.717, 1.165) is 36.1 Å². The maximum absolute atomic E-state index is 5.46. The van der Waals surface area contributed by atoms with Gasteiger partial charge in [-0.25, -0.2) is 0 Å². The van der Waals surface area contributed by atoms with Crippen molar-refractivity contribution in [1.82, 2.24) is 14.8 Å². The summed E-state index contributed by atoms with van der Waals surface area (Å²) in [6.45, 7) is 5.90. The number of aryl methyl sites for hydroxylation is 1. The Kier molecular flexibility index (Phi) is 4.97. The molecule has 0 aromatic carbocycles. The van der Waals surface area contributed by atoms with Gasteiger partial charge in [-0.1, -0.05) is 18.7 Å². The van der Waals surface area contributed by atoms with Crippen molar-refractivity contribution in [2.45, 2.75) is 38.4 Å². The Morgan fingerprint density at radius 1 is 1.36 bits per heavy atom. The zero-order valence-electron chi connectivity index (χ0n) is 8.86. The summed E-state index contributed by atoms with van der Waals surface area (Å²) in [6, 6.07) is 0. The monoisotopic (exact) mass is 214 g/mol. The molecule has 5 heteroatoms. The zero-order valence-corrected chi connectivity index (χ0v) is 9.68. The first-order chi connectivity index (χ1) is 6.83. The van der Waals surface area contributed by atoms with Crippen LogP contribution in [-0.2, 0) is 13.0 Å². The normalized spacial score (nSPS) is 10.8. The minimum Gasteiger partial charge on any atom is -0.330 e. The number of hydrogen-bond donors (Lipinski definition) is 1. The lowest BCUT2D eigenvalue weighted by molar-refractivity contribution is 0.634. The van der Waals surface area contributed by atoms with E-state index in [1.54, 1.807) is 11.8 Å². The highest BCUT2D eigenvalue weighted by molar-refractivity contribution is 7.99. The Morgan fingerprint density at radius 3 is 2.71 bits per heavy atom. The van der Waals surface area contributed by atoms with Crippen LogP contribution in [0.25, 0.3) is 0 Å². The first kappa shape index (κ1) is 11.5. The fraction of sp³-hybridized carbons (Fsp3) is 0.778. The van der Waals surface area contributed by atoms with E-state index in [1.165, 1.54) is 0 Å². The van der Waals surface area contributed by atoms with Crippen molar-refractivity contribution in [2.24, 2.45) is 5.73 Å². The summed E-state index contributed by atoms with van der Waals surface area (Å²) < 4.78 is 2.17. The Hall–Kier alpha value is -0.550. The van der Waals surface area contributed by atoms with Gasteiger partial charge in [0.25, 0.3) is 0 Å². The maximum atomic E-state index is 5.46. The summed E-state index contributed by atoms with van der Waals surface area (Å²) in [5, 5.41) is 9.35. The number of nitrogens with zero attached hydrogens (tertiary/aromatic N) is 3. The van der Waals surface area contributed by atoms with Gasteiger partial charge < -0.3 is 10.3 Å². The number of nitrogens with two attached hydrogens (primary N) is 1. The van der Waals surface area contributed by atoms with E-state index in [2.05, 4.69) is 28.6 Å². The summed E-state index contributed by atoms with van der Waals surface area (Å²) in [5.74, 6) is 2.00. The van der Waals surface area contributed by atoms with Crippen LogP contribution in [-0.4, -0.2) is 27.1 Å². The maximum Gasteiger partial charge on any atom is 0.191 e. The SMILES string of the molecule is CCCc1nnc(SCCN)n1CC. The lowest BCUT2D eigenvalue weighted by atomic mass is 10.3. The van der Waals surface area contributed by atoms with Gasteiger partial charge in [-0.2, -0.15) is 0 Å². The quantitative estimate of drug-likeness (QED) is 0.725. The predicted octanol–water partition coefficient (Wildman–Crippen LogP) is 1.30. The van der Waals surface area contributed by atoms with E-state index in [4.69, 9.17) is 5.73 Å². The van der Waals surface area contributed by atoms with Crippen LogP contribution in [0.15, 0.2) is 5.16 Å². The third-order valence-electron chi connectivity index (χ3n) is 1.93. The van der Waals surface area contributed by atoms with E-state index >= 15 is 0 Å². The molecule has 0 bridgehead atoms. The van der Waals surface area contributed by atoms with Gasteiger partial charge in [-0.3, -0.25) is 0 Å². The average Bonchev–Trinajstić information content (AvgIpc) is 2.58. The first-order valence-corrected chi connectivity index (χ1v) is 6.07. The fourth-order valence-corrected chi connectivity index (χ4v) is 2.09. The summed E-state index contributed by atoms with van der Waals surface area (Å²) in [4.78, 5) is 0. The van der Waals surface area contributed by atoms with Crippen LogP contribution in [0.3, 0.4) is 0 Å². The third-order valence-corrected chi connectivity index (χ3v) is 2.93. The Morgan fingerprint density at radius 2 is 2.14 bits per heavy atom. The number of hydrogen-bond acceptors (Lipinski definition) is 4. The average molecular weight is 214 g/mol. The highest BCUT2D eigenvalue weighted by atomic mass is 32.2. The lowest BCUT2D eigenvalue weighted by Crippen LogP contribution is -2.05. The van der Waals surface area contributed by atoms with Gasteiger partial charge in [0.05, 0.1) is 0 Å². The topological polar surface area (TPSA) is 56.7 Å². The molecule has 0 aliphatic carbocycles. The van der Waals surface area contributed by atoms with Crippen LogP contribution >= 0.6 is 11.8 Å². The van der Waals surface area contributed by atoms with Crippen LogP contribution < -0.4 is 5.73 Å². The van der Waals surface area contributed by atoms with E-state index in [-0.39, 0.29) is 0 Å². The van der Waals surface area contributed by atoms with Gasteiger partial charge in [0, 0.05) is 25.3 Å². The van der Waals surface area contributed by atoms with E-state index in [1.807, 2.05) is 0 Å². The molecule has 0 saturated heterocycles. The molecule has 0 fully saturated rings. The molecule has 4 nitrogen and oxygen atoms in total. The number of thioether (sulfide) groups is 1. The van der Waals surface area contributed by atoms with Crippen molar-refractivity contribution < 1.29 is 0 Å². The lowest BCUT2D eigenvalue weighted by Gasteiger charge is -2.05. The smallest absolute Gasteiger partial charge is 0.191 e. The molecular formula is C9H18N4S. The molecule has 1 heterocycles. The summed E-state index contributed by atoms with van der Waals surface area (Å²) in [7, 11) is 0. The zero-order chi connectivity index (χ0) is 10.4. The minimum atomic E-state index is 0.685. The van der Waals surface area contributed by atoms with E-state index in [9.17, 15) is 0 Å². The van der Waals surface area contributed by atoms with Gasteiger partial charge in [0.1, 0.15) is 5.82 Å². The van der Waals surface area contributed by atoms with Crippen molar-refractivity contribution >= 4 is 11.8 Å². The van der Waals surface area contributed by atoms with Crippen molar-refractivity contribution in [2.75, 3.05) is 12.3 Å². The molecule has 1 aromatic rings. The second-order valence-corrected chi connectivity index (χ2v) is 4.09. The predicted molar refractivity (Wildman–Crippen MR) is 59.5 cm³/mol. The first-order valence-electron chi connectivity index (χ1n) is 5.08. The molecular weight excluding hydrogens is 196 g/mol. The van der Waals surface area contributed by atoms with E-state index in [0.29, 0.717) is 6.54 Å². The highest BCUT2D eigenvalue weighted by Crippen LogP contribution is 2.16. The molecule has 2 N–H and O–H groups in total. The largest absolute Gasteiger partial charge is 0.330 e. The highest BCUT2D eigenvalue weighted by Gasteiger charge is 2.09. The molecule has 0 unspecified atom stereocenters. The molecule has 1 rings (SSSR count). The summed E-state index contributed by atoms with van der Waals surface area (Å²) in [5.41, 5.74) is 5.46. The van der Waals surface area contributed by atoms with Crippen LogP contribution in [0.5, 0.6) is 0 Å². The number of rotatable bonds is 6. The van der Waals surface area contributed by atoms with Crippen molar-refractivity contribution in [3.8, 4) is 0 Å². The van der Waals surface area contributed by atoms with Gasteiger partial charge >= 0.3 is 0 Å². The standard InChI is InChI=1S/C9H18N4S/c1-3-5-8-11-12-9(13(8)4-2)14-7-6-10/h3-7,10H2,1-2H3. The second-order valence-electron chi connectivity index (χ2n) is 3.03.